The Morgan fingerprint density at radius 1 is 1.31 bits per heavy atom. The maximum atomic E-state index is 11.6. The number of rotatable bonds is 3. The minimum Gasteiger partial charge on any atom is -0.480 e. The van der Waals surface area contributed by atoms with Crippen LogP contribution in [0.15, 0.2) is 12.4 Å². The Morgan fingerprint density at radius 2 is 1.94 bits per heavy atom. The van der Waals surface area contributed by atoms with Crippen LogP contribution in [0, 0.1) is 6.92 Å². The van der Waals surface area contributed by atoms with Crippen LogP contribution >= 0.6 is 0 Å². The molecule has 2 N–H and O–H groups in total. The van der Waals surface area contributed by atoms with Gasteiger partial charge < -0.3 is 10.4 Å². The third-order valence-corrected chi connectivity index (χ3v) is 1.97. The van der Waals surface area contributed by atoms with Gasteiger partial charge in [-0.25, -0.2) is 9.78 Å². The van der Waals surface area contributed by atoms with Crippen LogP contribution in [0.4, 0.5) is 0 Å². The van der Waals surface area contributed by atoms with Gasteiger partial charge in [0, 0.05) is 6.20 Å². The summed E-state index contributed by atoms with van der Waals surface area (Å²) in [5.41, 5.74) is -0.544. The van der Waals surface area contributed by atoms with Crippen molar-refractivity contribution in [3.05, 3.63) is 23.8 Å². The van der Waals surface area contributed by atoms with E-state index in [1.54, 1.807) is 6.92 Å². The highest BCUT2D eigenvalue weighted by Crippen LogP contribution is 2.04. The first-order valence-electron chi connectivity index (χ1n) is 4.67. The molecule has 0 aromatic carbocycles. The van der Waals surface area contributed by atoms with Gasteiger partial charge in [0.1, 0.15) is 11.2 Å². The van der Waals surface area contributed by atoms with E-state index in [4.69, 9.17) is 5.11 Å². The number of carbonyl (C=O) groups is 2. The average molecular weight is 223 g/mol. The fourth-order valence-electron chi connectivity index (χ4n) is 0.911. The molecule has 0 aliphatic carbocycles. The Bertz CT molecular complexity index is 412. The van der Waals surface area contributed by atoms with E-state index in [0.717, 1.165) is 0 Å². The first-order valence-corrected chi connectivity index (χ1v) is 4.67. The number of hydrogen-bond donors (Lipinski definition) is 2. The predicted octanol–water partition coefficient (Wildman–Crippen LogP) is 0.378. The van der Waals surface area contributed by atoms with Crippen LogP contribution in [0.3, 0.4) is 0 Å². The average Bonchev–Trinajstić information content (AvgIpc) is 2.17. The summed E-state index contributed by atoms with van der Waals surface area (Å²) in [5.74, 6) is -1.67. The minimum atomic E-state index is -1.33. The van der Waals surface area contributed by atoms with E-state index in [0.29, 0.717) is 5.69 Å². The number of nitrogens with zero attached hydrogens (tertiary/aromatic N) is 2. The SMILES string of the molecule is Cc1cnc(C(=O)NC(C)(C)C(=O)O)cn1. The summed E-state index contributed by atoms with van der Waals surface area (Å²) >= 11 is 0. The van der Waals surface area contributed by atoms with E-state index in [1.807, 2.05) is 0 Å². The molecule has 1 heterocycles. The summed E-state index contributed by atoms with van der Waals surface area (Å²) < 4.78 is 0. The topological polar surface area (TPSA) is 92.2 Å². The van der Waals surface area contributed by atoms with E-state index < -0.39 is 17.4 Å². The van der Waals surface area contributed by atoms with Crippen molar-refractivity contribution in [1.29, 1.82) is 0 Å². The summed E-state index contributed by atoms with van der Waals surface area (Å²) in [6.07, 6.45) is 2.76. The Balaban J connectivity index is 2.81. The van der Waals surface area contributed by atoms with Gasteiger partial charge in [0.15, 0.2) is 0 Å². The van der Waals surface area contributed by atoms with Crippen molar-refractivity contribution in [1.82, 2.24) is 15.3 Å². The highest BCUT2D eigenvalue weighted by atomic mass is 16.4. The highest BCUT2D eigenvalue weighted by Gasteiger charge is 2.29. The zero-order chi connectivity index (χ0) is 12.3. The highest BCUT2D eigenvalue weighted by molar-refractivity contribution is 5.95. The molecule has 0 fully saturated rings. The first kappa shape index (κ1) is 12.1. The lowest BCUT2D eigenvalue weighted by molar-refractivity contribution is -0.143. The Morgan fingerprint density at radius 3 is 2.38 bits per heavy atom. The van der Waals surface area contributed by atoms with Crippen molar-refractivity contribution in [2.75, 3.05) is 0 Å². The van der Waals surface area contributed by atoms with Crippen LogP contribution in [0.2, 0.25) is 0 Å². The van der Waals surface area contributed by atoms with E-state index in [9.17, 15) is 9.59 Å². The van der Waals surface area contributed by atoms with Crippen LogP contribution in [0.25, 0.3) is 0 Å². The fraction of sp³-hybridized carbons (Fsp3) is 0.400. The summed E-state index contributed by atoms with van der Waals surface area (Å²) in [7, 11) is 0. The Labute approximate surface area is 92.7 Å². The molecule has 0 radical (unpaired) electrons. The summed E-state index contributed by atoms with van der Waals surface area (Å²) in [6.45, 7) is 4.54. The molecule has 0 unspecified atom stereocenters. The van der Waals surface area contributed by atoms with Gasteiger partial charge in [-0.05, 0) is 20.8 Å². The zero-order valence-electron chi connectivity index (χ0n) is 9.31. The molecule has 1 amide bonds. The number of aromatic nitrogens is 2. The molecule has 1 aromatic heterocycles. The fourth-order valence-corrected chi connectivity index (χ4v) is 0.911. The van der Waals surface area contributed by atoms with Crippen molar-refractivity contribution in [3.63, 3.8) is 0 Å². The summed E-state index contributed by atoms with van der Waals surface area (Å²) in [6, 6.07) is 0. The lowest BCUT2D eigenvalue weighted by atomic mass is 10.1. The molecule has 1 rings (SSSR count). The van der Waals surface area contributed by atoms with E-state index in [2.05, 4.69) is 15.3 Å². The maximum Gasteiger partial charge on any atom is 0.328 e. The van der Waals surface area contributed by atoms with Crippen molar-refractivity contribution in [2.24, 2.45) is 0 Å². The summed E-state index contributed by atoms with van der Waals surface area (Å²) in [5, 5.41) is 11.2. The minimum absolute atomic E-state index is 0.0972. The van der Waals surface area contributed by atoms with Gasteiger partial charge >= 0.3 is 5.97 Å². The molecule has 1 aromatic rings. The predicted molar refractivity (Wildman–Crippen MR) is 56.0 cm³/mol. The number of carboxylic acids is 1. The number of aliphatic carboxylic acids is 1. The summed E-state index contributed by atoms with van der Waals surface area (Å²) in [4.78, 5) is 30.1. The molecule has 6 heteroatoms. The monoisotopic (exact) mass is 223 g/mol. The molecule has 0 spiro atoms. The van der Waals surface area contributed by atoms with Gasteiger partial charge in [0.05, 0.1) is 11.9 Å². The molecule has 0 atom stereocenters. The number of hydrogen-bond acceptors (Lipinski definition) is 4. The normalized spacial score (nSPS) is 10.9. The lowest BCUT2D eigenvalue weighted by Crippen LogP contribution is -2.49. The van der Waals surface area contributed by atoms with Gasteiger partial charge in [-0.3, -0.25) is 9.78 Å². The molecule has 6 nitrogen and oxygen atoms in total. The standard InChI is InChI=1S/C10H13N3O3/c1-6-4-12-7(5-11-6)8(14)13-10(2,3)9(15)16/h4-5H,1-3H3,(H,13,14)(H,15,16). The molecule has 0 saturated carbocycles. The van der Waals surface area contributed by atoms with Gasteiger partial charge in [0.25, 0.3) is 5.91 Å². The number of amides is 1. The molecule has 0 aliphatic heterocycles. The smallest absolute Gasteiger partial charge is 0.328 e. The third kappa shape index (κ3) is 2.75. The quantitative estimate of drug-likeness (QED) is 0.772. The van der Waals surface area contributed by atoms with Gasteiger partial charge in [-0.15, -0.1) is 0 Å². The van der Waals surface area contributed by atoms with Crippen LogP contribution in [0.1, 0.15) is 30.0 Å². The molecule has 0 saturated heterocycles. The lowest BCUT2D eigenvalue weighted by Gasteiger charge is -2.20. The van der Waals surface area contributed by atoms with Gasteiger partial charge in [0.2, 0.25) is 0 Å². The van der Waals surface area contributed by atoms with Gasteiger partial charge in [-0.1, -0.05) is 0 Å². The van der Waals surface area contributed by atoms with Crippen LogP contribution < -0.4 is 5.32 Å². The maximum absolute atomic E-state index is 11.6. The largest absolute Gasteiger partial charge is 0.480 e. The number of carbonyl (C=O) groups excluding carboxylic acids is 1. The third-order valence-electron chi connectivity index (χ3n) is 1.97. The first-order chi connectivity index (χ1) is 7.33. The second kappa shape index (κ2) is 4.26. The van der Waals surface area contributed by atoms with Crippen molar-refractivity contribution >= 4 is 11.9 Å². The van der Waals surface area contributed by atoms with E-state index >= 15 is 0 Å². The number of nitrogens with one attached hydrogen (secondary N) is 1. The zero-order valence-corrected chi connectivity index (χ0v) is 9.31. The molecule has 86 valence electrons. The second-order valence-electron chi connectivity index (χ2n) is 3.93. The molecule has 0 aliphatic rings. The van der Waals surface area contributed by atoms with Crippen molar-refractivity contribution < 1.29 is 14.7 Å². The molecule has 16 heavy (non-hydrogen) atoms. The van der Waals surface area contributed by atoms with Crippen molar-refractivity contribution in [3.8, 4) is 0 Å². The Hall–Kier alpha value is -1.98. The molecular formula is C10H13N3O3. The van der Waals surface area contributed by atoms with Gasteiger partial charge in [-0.2, -0.15) is 0 Å². The van der Waals surface area contributed by atoms with Crippen molar-refractivity contribution in [2.45, 2.75) is 26.3 Å². The Kier molecular flexibility index (Phi) is 3.22. The van der Waals surface area contributed by atoms with E-state index in [-0.39, 0.29) is 5.69 Å². The van der Waals surface area contributed by atoms with E-state index in [1.165, 1.54) is 26.2 Å². The number of carboxylic acid groups (broad SMARTS) is 1. The molecule has 0 bridgehead atoms. The molecular weight excluding hydrogens is 210 g/mol. The second-order valence-corrected chi connectivity index (χ2v) is 3.93. The van der Waals surface area contributed by atoms with Crippen LogP contribution in [-0.4, -0.2) is 32.5 Å². The van der Waals surface area contributed by atoms with Crippen LogP contribution in [-0.2, 0) is 4.79 Å². The number of aryl methyl sites for hydroxylation is 1. The van der Waals surface area contributed by atoms with Crippen LogP contribution in [0.5, 0.6) is 0 Å².